The van der Waals surface area contributed by atoms with E-state index in [1.807, 2.05) is 69.3 Å². The maximum absolute atomic E-state index is 13.4. The van der Waals surface area contributed by atoms with Crippen molar-refractivity contribution in [1.29, 1.82) is 0 Å². The van der Waals surface area contributed by atoms with Crippen molar-refractivity contribution in [3.63, 3.8) is 0 Å². The van der Waals surface area contributed by atoms with E-state index in [2.05, 4.69) is 9.97 Å². The number of ketones is 1. The molecule has 4 aromatic rings. The number of aromatic nitrogens is 2. The highest BCUT2D eigenvalue weighted by Gasteiger charge is 2.48. The molecule has 35 heavy (non-hydrogen) atoms. The molecule has 176 valence electrons. The summed E-state index contributed by atoms with van der Waals surface area (Å²) >= 11 is 0. The lowest BCUT2D eigenvalue weighted by atomic mass is 9.94. The lowest BCUT2D eigenvalue weighted by molar-refractivity contribution is -0.132. The topological polar surface area (TPSA) is 95.5 Å². The van der Waals surface area contributed by atoms with Gasteiger partial charge in [0.05, 0.1) is 28.8 Å². The Kier molecular flexibility index (Phi) is 5.61. The molecule has 1 unspecified atom stereocenters. The van der Waals surface area contributed by atoms with E-state index in [4.69, 9.17) is 4.74 Å². The second-order valence-electron chi connectivity index (χ2n) is 8.86. The van der Waals surface area contributed by atoms with Gasteiger partial charge in [0.25, 0.3) is 5.78 Å². The number of aromatic amines is 1. The summed E-state index contributed by atoms with van der Waals surface area (Å²) in [4.78, 5) is 35.8. The molecule has 7 nitrogen and oxygen atoms in total. The van der Waals surface area contributed by atoms with Crippen molar-refractivity contribution in [3.05, 3.63) is 95.1 Å². The first-order chi connectivity index (χ1) is 16.8. The summed E-state index contributed by atoms with van der Waals surface area (Å²) in [6, 6.07) is 20.9. The molecule has 0 saturated carbocycles. The third-order valence-electron chi connectivity index (χ3n) is 5.89. The number of fused-ring (bicyclic) bond motifs is 1. The van der Waals surface area contributed by atoms with Gasteiger partial charge in [-0.3, -0.25) is 14.5 Å². The molecule has 1 amide bonds. The van der Waals surface area contributed by atoms with Crippen LogP contribution in [0.4, 0.5) is 5.95 Å². The van der Waals surface area contributed by atoms with Crippen molar-refractivity contribution in [2.24, 2.45) is 0 Å². The molecule has 1 fully saturated rings. The molecule has 2 N–H and O–H groups in total. The number of aliphatic hydroxyl groups is 1. The van der Waals surface area contributed by atoms with Crippen LogP contribution in [0.3, 0.4) is 0 Å². The van der Waals surface area contributed by atoms with Crippen LogP contribution in [-0.4, -0.2) is 32.9 Å². The lowest BCUT2D eigenvalue weighted by Crippen LogP contribution is -2.30. The number of nitrogens with zero attached hydrogens (tertiary/aromatic N) is 2. The average Bonchev–Trinajstić information content (AvgIpc) is 3.37. The Morgan fingerprint density at radius 2 is 1.80 bits per heavy atom. The minimum Gasteiger partial charge on any atom is -0.507 e. The van der Waals surface area contributed by atoms with Crippen molar-refractivity contribution in [2.45, 2.75) is 32.9 Å². The third-order valence-corrected chi connectivity index (χ3v) is 5.89. The van der Waals surface area contributed by atoms with E-state index in [0.29, 0.717) is 22.4 Å². The molecule has 1 saturated heterocycles. The number of anilines is 1. The number of carbonyl (C=O) groups excluding carboxylic acids is 2. The van der Waals surface area contributed by atoms with Crippen molar-refractivity contribution >= 4 is 34.4 Å². The van der Waals surface area contributed by atoms with Gasteiger partial charge in [-0.1, -0.05) is 54.1 Å². The number of aliphatic hydroxyl groups excluding tert-OH is 1. The maximum atomic E-state index is 13.4. The number of amides is 1. The van der Waals surface area contributed by atoms with E-state index in [1.165, 1.54) is 4.90 Å². The molecule has 1 aromatic heterocycles. The molecule has 0 spiro atoms. The second kappa shape index (κ2) is 8.76. The highest BCUT2D eigenvalue weighted by Crippen LogP contribution is 2.42. The van der Waals surface area contributed by atoms with Crippen LogP contribution in [0.25, 0.3) is 16.8 Å². The number of para-hydroxylation sites is 2. The molecule has 0 radical (unpaired) electrons. The van der Waals surface area contributed by atoms with Crippen LogP contribution in [0.1, 0.15) is 36.6 Å². The fourth-order valence-electron chi connectivity index (χ4n) is 4.40. The van der Waals surface area contributed by atoms with Crippen molar-refractivity contribution in [1.82, 2.24) is 9.97 Å². The highest BCUT2D eigenvalue weighted by molar-refractivity contribution is 6.51. The Hall–Kier alpha value is -4.39. The van der Waals surface area contributed by atoms with Gasteiger partial charge in [-0.15, -0.1) is 0 Å². The zero-order valence-electron chi connectivity index (χ0n) is 19.6. The molecule has 0 bridgehead atoms. The van der Waals surface area contributed by atoms with Crippen molar-refractivity contribution in [2.75, 3.05) is 4.90 Å². The Bertz CT molecular complexity index is 1450. The first kappa shape index (κ1) is 22.4. The molecule has 2 heterocycles. The molecule has 1 aliphatic heterocycles. The zero-order chi connectivity index (χ0) is 24.7. The number of ether oxygens (including phenoxy) is 1. The van der Waals surface area contributed by atoms with Crippen LogP contribution in [0, 0.1) is 6.92 Å². The molecular formula is C28H25N3O4. The SMILES string of the molecule is Cc1cccc(C2/C(=C(\O)c3cccc(OC(C)C)c3)C(=O)C(=O)N2c2nc3ccccc3[nH]2)c1. The third kappa shape index (κ3) is 4.05. The Morgan fingerprint density at radius 1 is 1.03 bits per heavy atom. The predicted octanol–water partition coefficient (Wildman–Crippen LogP) is 5.28. The molecule has 5 rings (SSSR count). The number of Topliss-reactive ketones (excluding diaryl/α,β-unsaturated/α-hetero) is 1. The van der Waals surface area contributed by atoms with Gasteiger partial charge in [-0.2, -0.15) is 0 Å². The summed E-state index contributed by atoms with van der Waals surface area (Å²) in [6.07, 6.45) is -0.0571. The van der Waals surface area contributed by atoms with E-state index in [1.54, 1.807) is 24.3 Å². The number of aryl methyl sites for hydroxylation is 1. The number of hydrogen-bond donors (Lipinski definition) is 2. The fourth-order valence-corrected chi connectivity index (χ4v) is 4.40. The van der Waals surface area contributed by atoms with Crippen LogP contribution in [0.15, 0.2) is 78.4 Å². The monoisotopic (exact) mass is 467 g/mol. The van der Waals surface area contributed by atoms with E-state index in [-0.39, 0.29) is 23.4 Å². The van der Waals surface area contributed by atoms with Crippen molar-refractivity contribution < 1.29 is 19.4 Å². The van der Waals surface area contributed by atoms with Gasteiger partial charge in [-0.25, -0.2) is 4.98 Å². The average molecular weight is 468 g/mol. The van der Waals surface area contributed by atoms with E-state index < -0.39 is 17.7 Å². The summed E-state index contributed by atoms with van der Waals surface area (Å²) in [5.41, 5.74) is 3.47. The summed E-state index contributed by atoms with van der Waals surface area (Å²) in [7, 11) is 0. The quantitative estimate of drug-likeness (QED) is 0.236. The van der Waals surface area contributed by atoms with Gasteiger partial charge in [0.15, 0.2) is 0 Å². The summed E-state index contributed by atoms with van der Waals surface area (Å²) < 4.78 is 5.76. The van der Waals surface area contributed by atoms with Gasteiger partial charge in [0.2, 0.25) is 5.95 Å². The molecule has 3 aromatic carbocycles. The number of rotatable bonds is 5. The number of hydrogen-bond acceptors (Lipinski definition) is 5. The number of benzene rings is 3. The summed E-state index contributed by atoms with van der Waals surface area (Å²) in [5.74, 6) is -0.988. The Morgan fingerprint density at radius 3 is 2.54 bits per heavy atom. The second-order valence-corrected chi connectivity index (χ2v) is 8.86. The Balaban J connectivity index is 1.70. The molecule has 0 aliphatic carbocycles. The van der Waals surface area contributed by atoms with Crippen LogP contribution < -0.4 is 9.64 Å². The predicted molar refractivity (Wildman–Crippen MR) is 134 cm³/mol. The van der Waals surface area contributed by atoms with E-state index in [9.17, 15) is 14.7 Å². The van der Waals surface area contributed by atoms with E-state index >= 15 is 0 Å². The number of imidazole rings is 1. The zero-order valence-corrected chi connectivity index (χ0v) is 19.6. The maximum Gasteiger partial charge on any atom is 0.302 e. The minimum absolute atomic E-state index is 0.00255. The van der Waals surface area contributed by atoms with E-state index in [0.717, 1.165) is 11.1 Å². The minimum atomic E-state index is -0.856. The normalized spacial score (nSPS) is 17.5. The van der Waals surface area contributed by atoms with Crippen LogP contribution >= 0.6 is 0 Å². The van der Waals surface area contributed by atoms with Gasteiger partial charge in [-0.05, 0) is 50.6 Å². The first-order valence-electron chi connectivity index (χ1n) is 11.4. The van der Waals surface area contributed by atoms with Gasteiger partial charge in [0.1, 0.15) is 11.5 Å². The smallest absolute Gasteiger partial charge is 0.302 e. The van der Waals surface area contributed by atoms with Gasteiger partial charge >= 0.3 is 5.91 Å². The molecule has 7 heteroatoms. The standard InChI is InChI=1S/C28H25N3O4/c1-16(2)35-20-11-7-10-19(15-20)25(32)23-24(18-9-6-8-17(3)14-18)31(27(34)26(23)33)28-29-21-12-4-5-13-22(21)30-28/h4-16,24,32H,1-3H3,(H,29,30)/b25-23+. The molecule has 1 aliphatic rings. The van der Waals surface area contributed by atoms with Gasteiger partial charge < -0.3 is 14.8 Å². The van der Waals surface area contributed by atoms with Crippen molar-refractivity contribution in [3.8, 4) is 5.75 Å². The van der Waals surface area contributed by atoms with Crippen LogP contribution in [0.5, 0.6) is 5.75 Å². The molecular weight excluding hydrogens is 442 g/mol. The largest absolute Gasteiger partial charge is 0.507 e. The summed E-state index contributed by atoms with van der Waals surface area (Å²) in [6.45, 7) is 5.75. The summed E-state index contributed by atoms with van der Waals surface area (Å²) in [5, 5.41) is 11.4. The van der Waals surface area contributed by atoms with Crippen LogP contribution in [-0.2, 0) is 9.59 Å². The highest BCUT2D eigenvalue weighted by atomic mass is 16.5. The fraction of sp³-hybridized carbons (Fsp3) is 0.179. The number of H-pyrrole nitrogens is 1. The van der Waals surface area contributed by atoms with Gasteiger partial charge in [0, 0.05) is 5.56 Å². The Labute approximate surface area is 202 Å². The first-order valence-corrected chi connectivity index (χ1v) is 11.4. The van der Waals surface area contributed by atoms with Crippen LogP contribution in [0.2, 0.25) is 0 Å². The lowest BCUT2D eigenvalue weighted by Gasteiger charge is -2.23. The molecule has 1 atom stereocenters. The number of nitrogens with one attached hydrogen (secondary N) is 1. The number of carbonyl (C=O) groups is 2.